The third kappa shape index (κ3) is 4.05. The summed E-state index contributed by atoms with van der Waals surface area (Å²) < 4.78 is 5.14. The standard InChI is InChI=1S/C18H28N2O4/c1-13(2)15-6-5-14(16(22)19-15)17(23)20-9-4-7-18(11-20,12-21)8-10-24-3/h5-6,13,21H,4,7-12H2,1-3H3,(H,19,22)/t18-/m0/s1. The van der Waals surface area contributed by atoms with Gasteiger partial charge in [-0.2, -0.15) is 0 Å². The largest absolute Gasteiger partial charge is 0.396 e. The lowest BCUT2D eigenvalue weighted by Crippen LogP contribution is -2.49. The van der Waals surface area contributed by atoms with Crippen molar-refractivity contribution in [1.29, 1.82) is 0 Å². The first-order valence-corrected chi connectivity index (χ1v) is 8.55. The first kappa shape index (κ1) is 18.7. The van der Waals surface area contributed by atoms with E-state index in [9.17, 15) is 14.7 Å². The number of pyridine rings is 1. The van der Waals surface area contributed by atoms with Crippen LogP contribution in [0.2, 0.25) is 0 Å². The van der Waals surface area contributed by atoms with Crippen molar-refractivity contribution in [1.82, 2.24) is 9.88 Å². The van der Waals surface area contributed by atoms with Crippen LogP contribution in [0.4, 0.5) is 0 Å². The number of carbonyl (C=O) groups is 1. The van der Waals surface area contributed by atoms with Crippen LogP contribution in [0.3, 0.4) is 0 Å². The van der Waals surface area contributed by atoms with Crippen LogP contribution in [0.15, 0.2) is 16.9 Å². The highest BCUT2D eigenvalue weighted by Crippen LogP contribution is 2.33. The number of nitrogens with one attached hydrogen (secondary N) is 1. The Kier molecular flexibility index (Phi) is 6.18. The molecule has 134 valence electrons. The summed E-state index contributed by atoms with van der Waals surface area (Å²) in [5.74, 6) is -0.0607. The average molecular weight is 336 g/mol. The van der Waals surface area contributed by atoms with E-state index in [0.717, 1.165) is 18.5 Å². The highest BCUT2D eigenvalue weighted by Gasteiger charge is 2.37. The Morgan fingerprint density at radius 2 is 2.21 bits per heavy atom. The van der Waals surface area contributed by atoms with Crippen molar-refractivity contribution in [3.63, 3.8) is 0 Å². The second-order valence-corrected chi connectivity index (χ2v) is 7.04. The van der Waals surface area contributed by atoms with Crippen molar-refractivity contribution >= 4 is 5.91 Å². The molecule has 1 saturated heterocycles. The Morgan fingerprint density at radius 1 is 1.46 bits per heavy atom. The van der Waals surface area contributed by atoms with E-state index < -0.39 is 0 Å². The molecule has 0 unspecified atom stereocenters. The van der Waals surface area contributed by atoms with Gasteiger partial charge in [-0.25, -0.2) is 0 Å². The minimum absolute atomic E-state index is 0.0167. The molecule has 1 aromatic heterocycles. The Hall–Kier alpha value is -1.66. The molecule has 1 atom stereocenters. The molecule has 0 radical (unpaired) electrons. The number of hydrogen-bond donors (Lipinski definition) is 2. The van der Waals surface area contributed by atoms with Crippen LogP contribution in [-0.4, -0.2) is 54.3 Å². The molecule has 2 rings (SSSR count). The van der Waals surface area contributed by atoms with Gasteiger partial charge in [0.1, 0.15) is 5.56 Å². The van der Waals surface area contributed by atoms with Crippen molar-refractivity contribution in [2.24, 2.45) is 5.41 Å². The number of ether oxygens (including phenoxy) is 1. The molecule has 1 fully saturated rings. The van der Waals surface area contributed by atoms with Gasteiger partial charge in [0, 0.05) is 37.9 Å². The van der Waals surface area contributed by atoms with E-state index in [1.165, 1.54) is 0 Å². The van der Waals surface area contributed by atoms with E-state index in [0.29, 0.717) is 26.1 Å². The molecule has 0 saturated carbocycles. The summed E-state index contributed by atoms with van der Waals surface area (Å²) in [7, 11) is 1.63. The Balaban J connectivity index is 2.18. The number of aromatic amines is 1. The lowest BCUT2D eigenvalue weighted by Gasteiger charge is -2.41. The molecule has 0 spiro atoms. The zero-order valence-electron chi connectivity index (χ0n) is 14.8. The van der Waals surface area contributed by atoms with E-state index >= 15 is 0 Å². The van der Waals surface area contributed by atoms with E-state index in [-0.39, 0.29) is 35.0 Å². The molecular weight excluding hydrogens is 308 g/mol. The van der Waals surface area contributed by atoms with Crippen molar-refractivity contribution in [2.75, 3.05) is 33.4 Å². The maximum absolute atomic E-state index is 12.8. The second kappa shape index (κ2) is 7.94. The Bertz CT molecular complexity index is 626. The van der Waals surface area contributed by atoms with Crippen LogP contribution >= 0.6 is 0 Å². The van der Waals surface area contributed by atoms with E-state index in [4.69, 9.17) is 4.74 Å². The highest BCUT2D eigenvalue weighted by atomic mass is 16.5. The molecule has 2 heterocycles. The van der Waals surface area contributed by atoms with Crippen LogP contribution in [0.25, 0.3) is 0 Å². The van der Waals surface area contributed by atoms with E-state index in [2.05, 4.69) is 4.98 Å². The average Bonchev–Trinajstić information content (AvgIpc) is 2.59. The molecule has 1 aromatic rings. The number of aliphatic hydroxyl groups excluding tert-OH is 1. The summed E-state index contributed by atoms with van der Waals surface area (Å²) in [6, 6.07) is 3.41. The molecule has 0 aromatic carbocycles. The highest BCUT2D eigenvalue weighted by molar-refractivity contribution is 5.94. The predicted molar refractivity (Wildman–Crippen MR) is 92.3 cm³/mol. The quantitative estimate of drug-likeness (QED) is 0.829. The molecule has 24 heavy (non-hydrogen) atoms. The maximum Gasteiger partial charge on any atom is 0.261 e. The van der Waals surface area contributed by atoms with Gasteiger partial charge in [-0.15, -0.1) is 0 Å². The summed E-state index contributed by atoms with van der Waals surface area (Å²) in [4.78, 5) is 29.5. The van der Waals surface area contributed by atoms with Crippen molar-refractivity contribution in [3.8, 4) is 0 Å². The number of aromatic nitrogens is 1. The fourth-order valence-electron chi connectivity index (χ4n) is 3.28. The molecule has 0 bridgehead atoms. The van der Waals surface area contributed by atoms with Gasteiger partial charge in [0.05, 0.1) is 6.61 Å². The molecule has 1 aliphatic heterocycles. The number of rotatable bonds is 6. The zero-order chi connectivity index (χ0) is 17.7. The van der Waals surface area contributed by atoms with Gasteiger partial charge in [0.15, 0.2) is 0 Å². The van der Waals surface area contributed by atoms with Gasteiger partial charge in [-0.3, -0.25) is 9.59 Å². The lowest BCUT2D eigenvalue weighted by atomic mass is 9.78. The van der Waals surface area contributed by atoms with Gasteiger partial charge in [0.25, 0.3) is 11.5 Å². The molecular formula is C18H28N2O4. The van der Waals surface area contributed by atoms with E-state index in [1.54, 1.807) is 24.1 Å². The number of nitrogens with zero attached hydrogens (tertiary/aromatic N) is 1. The fraction of sp³-hybridized carbons (Fsp3) is 0.667. The maximum atomic E-state index is 12.8. The number of piperidine rings is 1. The number of H-pyrrole nitrogens is 1. The van der Waals surface area contributed by atoms with Crippen LogP contribution in [0, 0.1) is 5.41 Å². The number of aliphatic hydroxyl groups is 1. The fourth-order valence-corrected chi connectivity index (χ4v) is 3.28. The number of methoxy groups -OCH3 is 1. The summed E-state index contributed by atoms with van der Waals surface area (Å²) in [5.41, 5.74) is 0.303. The molecule has 6 heteroatoms. The van der Waals surface area contributed by atoms with Crippen molar-refractivity contribution in [3.05, 3.63) is 33.7 Å². The van der Waals surface area contributed by atoms with Gasteiger partial charge in [0.2, 0.25) is 0 Å². The molecule has 1 amide bonds. The van der Waals surface area contributed by atoms with Gasteiger partial charge >= 0.3 is 0 Å². The van der Waals surface area contributed by atoms with Gasteiger partial charge in [-0.1, -0.05) is 13.8 Å². The normalized spacial score (nSPS) is 21.3. The monoisotopic (exact) mass is 336 g/mol. The summed E-state index contributed by atoms with van der Waals surface area (Å²) in [5, 5.41) is 9.83. The number of carbonyl (C=O) groups excluding carboxylic acids is 1. The zero-order valence-corrected chi connectivity index (χ0v) is 14.8. The molecule has 6 nitrogen and oxygen atoms in total. The van der Waals surface area contributed by atoms with Crippen LogP contribution < -0.4 is 5.56 Å². The summed E-state index contributed by atoms with van der Waals surface area (Å²) in [6.45, 7) is 5.61. The summed E-state index contributed by atoms with van der Waals surface area (Å²) >= 11 is 0. The van der Waals surface area contributed by atoms with Crippen LogP contribution in [0.5, 0.6) is 0 Å². The first-order valence-electron chi connectivity index (χ1n) is 8.55. The van der Waals surface area contributed by atoms with Gasteiger partial charge in [-0.05, 0) is 37.3 Å². The lowest BCUT2D eigenvalue weighted by molar-refractivity contribution is 0.00890. The van der Waals surface area contributed by atoms with Crippen LogP contribution in [-0.2, 0) is 4.74 Å². The SMILES string of the molecule is COCC[C@@]1(CO)CCCN(C(=O)c2ccc(C(C)C)[nH]c2=O)C1. The third-order valence-electron chi connectivity index (χ3n) is 4.91. The Morgan fingerprint density at radius 3 is 2.79 bits per heavy atom. The van der Waals surface area contributed by atoms with Crippen LogP contribution in [0.1, 0.15) is 55.1 Å². The minimum atomic E-state index is -0.344. The molecule has 2 N–H and O–H groups in total. The predicted octanol–water partition coefficient (Wildman–Crippen LogP) is 1.75. The minimum Gasteiger partial charge on any atom is -0.396 e. The third-order valence-corrected chi connectivity index (χ3v) is 4.91. The molecule has 1 aliphatic rings. The van der Waals surface area contributed by atoms with Gasteiger partial charge < -0.3 is 19.7 Å². The summed E-state index contributed by atoms with van der Waals surface area (Å²) in [6.07, 6.45) is 2.38. The smallest absolute Gasteiger partial charge is 0.261 e. The van der Waals surface area contributed by atoms with E-state index in [1.807, 2.05) is 13.8 Å². The number of hydrogen-bond acceptors (Lipinski definition) is 4. The second-order valence-electron chi connectivity index (χ2n) is 7.04. The number of amides is 1. The topological polar surface area (TPSA) is 82.6 Å². The first-order chi connectivity index (χ1) is 11.4. The Labute approximate surface area is 142 Å². The van der Waals surface area contributed by atoms with Crippen molar-refractivity contribution < 1.29 is 14.6 Å². The molecule has 0 aliphatic carbocycles. The number of likely N-dealkylation sites (tertiary alicyclic amines) is 1. The van der Waals surface area contributed by atoms with Crippen molar-refractivity contribution in [2.45, 2.75) is 39.0 Å².